The van der Waals surface area contributed by atoms with Crippen molar-refractivity contribution in [3.8, 4) is 0 Å². The van der Waals surface area contributed by atoms with Crippen LogP contribution < -0.4 is 5.32 Å². The van der Waals surface area contributed by atoms with E-state index in [-0.39, 0.29) is 0 Å². The first-order chi connectivity index (χ1) is 9.22. The second kappa shape index (κ2) is 6.87. The predicted octanol–water partition coefficient (Wildman–Crippen LogP) is 3.13. The lowest BCUT2D eigenvalue weighted by molar-refractivity contribution is 0.160. The number of nitrogens with one attached hydrogen (secondary N) is 1. The lowest BCUT2D eigenvalue weighted by Gasteiger charge is -2.31. The summed E-state index contributed by atoms with van der Waals surface area (Å²) in [5.41, 5.74) is 1.04. The van der Waals surface area contributed by atoms with Crippen LogP contribution in [0.5, 0.6) is 0 Å². The molecule has 104 valence electrons. The topological polar surface area (TPSA) is 24.5 Å². The minimum Gasteiger partial charge on any atom is -0.383 e. The van der Waals surface area contributed by atoms with Gasteiger partial charge >= 0.3 is 0 Å². The van der Waals surface area contributed by atoms with Crippen LogP contribution in [0, 0.1) is 5.92 Å². The SMILES string of the molecule is COCCN(C(=S)Nc1ccccc1)C(C)C1CC1. The molecule has 2 rings (SSSR count). The summed E-state index contributed by atoms with van der Waals surface area (Å²) in [6.07, 6.45) is 2.64. The minimum atomic E-state index is 0.485. The quantitative estimate of drug-likeness (QED) is 0.808. The summed E-state index contributed by atoms with van der Waals surface area (Å²) in [6, 6.07) is 10.6. The van der Waals surface area contributed by atoms with Gasteiger partial charge in [-0.25, -0.2) is 0 Å². The Balaban J connectivity index is 1.98. The number of benzene rings is 1. The van der Waals surface area contributed by atoms with Crippen molar-refractivity contribution in [2.45, 2.75) is 25.8 Å². The van der Waals surface area contributed by atoms with Crippen molar-refractivity contribution in [1.82, 2.24) is 4.90 Å². The van der Waals surface area contributed by atoms with E-state index >= 15 is 0 Å². The average molecular weight is 278 g/mol. The highest BCUT2D eigenvalue weighted by Gasteiger charge is 2.32. The van der Waals surface area contributed by atoms with Crippen molar-refractivity contribution in [3.05, 3.63) is 30.3 Å². The number of anilines is 1. The van der Waals surface area contributed by atoms with Crippen LogP contribution in [0.15, 0.2) is 30.3 Å². The maximum absolute atomic E-state index is 5.55. The first kappa shape index (κ1) is 14.3. The molecule has 0 heterocycles. The number of thiocarbonyl (C=S) groups is 1. The molecule has 1 aromatic rings. The Morgan fingerprint density at radius 2 is 2.11 bits per heavy atom. The monoisotopic (exact) mass is 278 g/mol. The largest absolute Gasteiger partial charge is 0.383 e. The number of hydrogen-bond donors (Lipinski definition) is 1. The molecule has 0 spiro atoms. The molecule has 0 aromatic heterocycles. The molecule has 0 radical (unpaired) electrons. The minimum absolute atomic E-state index is 0.485. The van der Waals surface area contributed by atoms with Gasteiger partial charge in [0.05, 0.1) is 6.61 Å². The fourth-order valence-electron chi connectivity index (χ4n) is 2.23. The van der Waals surface area contributed by atoms with E-state index in [1.807, 2.05) is 30.3 Å². The van der Waals surface area contributed by atoms with Gasteiger partial charge in [0.25, 0.3) is 0 Å². The third kappa shape index (κ3) is 4.18. The van der Waals surface area contributed by atoms with Gasteiger partial charge in [-0.15, -0.1) is 0 Å². The van der Waals surface area contributed by atoms with Crippen molar-refractivity contribution in [2.75, 3.05) is 25.6 Å². The highest BCUT2D eigenvalue weighted by Crippen LogP contribution is 2.35. The van der Waals surface area contributed by atoms with E-state index < -0.39 is 0 Å². The van der Waals surface area contributed by atoms with Gasteiger partial charge in [0, 0.05) is 25.4 Å². The molecule has 1 aromatic carbocycles. The van der Waals surface area contributed by atoms with Crippen molar-refractivity contribution in [2.24, 2.45) is 5.92 Å². The Bertz CT molecular complexity index is 406. The van der Waals surface area contributed by atoms with Crippen LogP contribution in [0.4, 0.5) is 5.69 Å². The van der Waals surface area contributed by atoms with Crippen molar-refractivity contribution in [3.63, 3.8) is 0 Å². The van der Waals surface area contributed by atoms with E-state index in [4.69, 9.17) is 17.0 Å². The molecule has 0 saturated heterocycles. The molecule has 1 aliphatic rings. The summed E-state index contributed by atoms with van der Waals surface area (Å²) in [7, 11) is 1.73. The van der Waals surface area contributed by atoms with Crippen molar-refractivity contribution < 1.29 is 4.74 Å². The molecular weight excluding hydrogens is 256 g/mol. The maximum Gasteiger partial charge on any atom is 0.173 e. The average Bonchev–Trinajstić information content (AvgIpc) is 3.24. The second-order valence-electron chi connectivity index (χ2n) is 5.06. The van der Waals surface area contributed by atoms with E-state index in [1.54, 1.807) is 7.11 Å². The molecule has 4 heteroatoms. The van der Waals surface area contributed by atoms with Gasteiger partial charge in [0.1, 0.15) is 0 Å². The van der Waals surface area contributed by atoms with Crippen LogP contribution in [0.2, 0.25) is 0 Å². The van der Waals surface area contributed by atoms with Crippen LogP contribution in [0.1, 0.15) is 19.8 Å². The Morgan fingerprint density at radius 1 is 1.42 bits per heavy atom. The summed E-state index contributed by atoms with van der Waals surface area (Å²) in [6.45, 7) is 3.80. The second-order valence-corrected chi connectivity index (χ2v) is 5.45. The molecular formula is C15H22N2OS. The summed E-state index contributed by atoms with van der Waals surface area (Å²) in [4.78, 5) is 2.25. The third-order valence-corrected chi connectivity index (χ3v) is 3.95. The Morgan fingerprint density at radius 3 is 2.68 bits per heavy atom. The lowest BCUT2D eigenvalue weighted by atomic mass is 10.2. The van der Waals surface area contributed by atoms with E-state index in [9.17, 15) is 0 Å². The van der Waals surface area contributed by atoms with Gasteiger partial charge in [-0.3, -0.25) is 0 Å². The lowest BCUT2D eigenvalue weighted by Crippen LogP contribution is -2.44. The zero-order valence-electron chi connectivity index (χ0n) is 11.6. The van der Waals surface area contributed by atoms with Gasteiger partial charge in [-0.1, -0.05) is 18.2 Å². The summed E-state index contributed by atoms with van der Waals surface area (Å²) >= 11 is 5.55. The Hall–Kier alpha value is -1.13. The van der Waals surface area contributed by atoms with E-state index in [0.29, 0.717) is 12.6 Å². The molecule has 0 aliphatic heterocycles. The Labute approximate surface area is 120 Å². The van der Waals surface area contributed by atoms with E-state index in [1.165, 1.54) is 12.8 Å². The maximum atomic E-state index is 5.55. The zero-order chi connectivity index (χ0) is 13.7. The molecule has 1 aliphatic carbocycles. The van der Waals surface area contributed by atoms with Crippen molar-refractivity contribution in [1.29, 1.82) is 0 Å². The highest BCUT2D eigenvalue weighted by molar-refractivity contribution is 7.80. The van der Waals surface area contributed by atoms with Crippen molar-refractivity contribution >= 4 is 23.0 Å². The smallest absolute Gasteiger partial charge is 0.173 e. The normalized spacial score (nSPS) is 15.9. The van der Waals surface area contributed by atoms with E-state index in [0.717, 1.165) is 23.3 Å². The molecule has 0 bridgehead atoms. The van der Waals surface area contributed by atoms with Gasteiger partial charge < -0.3 is 15.0 Å². The van der Waals surface area contributed by atoms with Crippen LogP contribution >= 0.6 is 12.2 Å². The standard InChI is InChI=1S/C15H22N2OS/c1-12(13-8-9-13)17(10-11-18-2)15(19)16-14-6-4-3-5-7-14/h3-7,12-13H,8-11H2,1-2H3,(H,16,19). The predicted molar refractivity (Wildman–Crippen MR) is 83.4 cm³/mol. The summed E-state index contributed by atoms with van der Waals surface area (Å²) < 4.78 is 5.19. The number of hydrogen-bond acceptors (Lipinski definition) is 2. The number of para-hydroxylation sites is 1. The summed E-state index contributed by atoms with van der Waals surface area (Å²) in [5.74, 6) is 0.785. The number of rotatable bonds is 6. The molecule has 1 unspecified atom stereocenters. The van der Waals surface area contributed by atoms with Crippen LogP contribution in [-0.4, -0.2) is 36.3 Å². The molecule has 1 saturated carbocycles. The van der Waals surface area contributed by atoms with Crippen LogP contribution in [0.3, 0.4) is 0 Å². The summed E-state index contributed by atoms with van der Waals surface area (Å²) in [5, 5.41) is 4.11. The Kier molecular flexibility index (Phi) is 5.16. The molecule has 0 amide bonds. The van der Waals surface area contributed by atoms with Gasteiger partial charge in [0.2, 0.25) is 0 Å². The van der Waals surface area contributed by atoms with Crippen LogP contribution in [-0.2, 0) is 4.74 Å². The van der Waals surface area contributed by atoms with Gasteiger partial charge in [-0.05, 0) is 50.0 Å². The fourth-order valence-corrected chi connectivity index (χ4v) is 2.61. The third-order valence-electron chi connectivity index (χ3n) is 3.62. The van der Waals surface area contributed by atoms with E-state index in [2.05, 4.69) is 17.1 Å². The molecule has 3 nitrogen and oxygen atoms in total. The molecule has 1 atom stereocenters. The number of ether oxygens (including phenoxy) is 1. The fraction of sp³-hybridized carbons (Fsp3) is 0.533. The molecule has 1 N–H and O–H groups in total. The number of methoxy groups -OCH3 is 1. The molecule has 19 heavy (non-hydrogen) atoms. The molecule has 1 fully saturated rings. The van der Waals surface area contributed by atoms with Crippen LogP contribution in [0.25, 0.3) is 0 Å². The van der Waals surface area contributed by atoms with Gasteiger partial charge in [0.15, 0.2) is 5.11 Å². The van der Waals surface area contributed by atoms with Gasteiger partial charge in [-0.2, -0.15) is 0 Å². The first-order valence-electron chi connectivity index (χ1n) is 6.84. The zero-order valence-corrected chi connectivity index (χ0v) is 12.5. The highest BCUT2D eigenvalue weighted by atomic mass is 32.1. The first-order valence-corrected chi connectivity index (χ1v) is 7.25. The number of nitrogens with zero attached hydrogens (tertiary/aromatic N) is 1.